The van der Waals surface area contributed by atoms with Gasteiger partial charge < -0.3 is 14.6 Å². The van der Waals surface area contributed by atoms with Crippen LogP contribution in [-0.2, 0) is 15.7 Å². The van der Waals surface area contributed by atoms with Gasteiger partial charge in [-0.1, -0.05) is 24.3 Å². The third-order valence-electron chi connectivity index (χ3n) is 5.17. The van der Waals surface area contributed by atoms with Crippen LogP contribution in [0.2, 0.25) is 0 Å². The summed E-state index contributed by atoms with van der Waals surface area (Å²) in [4.78, 5) is 15.7. The zero-order valence-corrected chi connectivity index (χ0v) is 18.1. The van der Waals surface area contributed by atoms with Crippen molar-refractivity contribution in [3.8, 4) is 5.75 Å². The Morgan fingerprint density at radius 3 is 2.39 bits per heavy atom. The molecule has 1 unspecified atom stereocenters. The Hall–Kier alpha value is -3.29. The van der Waals surface area contributed by atoms with Gasteiger partial charge in [0.2, 0.25) is 0 Å². The Morgan fingerprint density at radius 2 is 1.76 bits per heavy atom. The van der Waals surface area contributed by atoms with Crippen molar-refractivity contribution in [3.05, 3.63) is 77.6 Å². The van der Waals surface area contributed by atoms with Crippen molar-refractivity contribution >= 4 is 11.7 Å². The first kappa shape index (κ1) is 24.4. The van der Waals surface area contributed by atoms with Crippen molar-refractivity contribution in [2.24, 2.45) is 10.9 Å². The molecule has 1 aliphatic carbocycles. The molecule has 8 heteroatoms. The largest absolute Gasteiger partial charge is 0.498 e. The topological polar surface area (TPSA) is 68.1 Å². The smallest absolute Gasteiger partial charge is 0.416 e. The third-order valence-corrected chi connectivity index (χ3v) is 5.17. The van der Waals surface area contributed by atoms with Gasteiger partial charge in [-0.3, -0.25) is 9.79 Å². The zero-order chi connectivity index (χ0) is 23.7. The van der Waals surface area contributed by atoms with Gasteiger partial charge in [0.15, 0.2) is 0 Å². The number of rotatable bonds is 11. The minimum atomic E-state index is -4.35. The standard InChI is InChI=1S/C25H26F3NO4/c26-25(27,28)19-9-12-21(13-10-19)33-16-2-1-15-32-20-6-3-5-18(8-11-20)22(17-24(30)31)23-7-4-14-29-23/h3-5,7-13,22H,1-2,6,14-17H2,(H,30,31). The van der Waals surface area contributed by atoms with E-state index >= 15 is 0 Å². The molecule has 3 rings (SSSR count). The molecule has 0 saturated carbocycles. The number of carboxylic acids is 1. The first-order chi connectivity index (χ1) is 15.8. The molecule has 1 N–H and O–H groups in total. The lowest BCUT2D eigenvalue weighted by Crippen LogP contribution is -2.17. The van der Waals surface area contributed by atoms with Crippen LogP contribution in [0.25, 0.3) is 0 Å². The molecule has 0 amide bonds. The molecular weight excluding hydrogens is 435 g/mol. The molecule has 2 aliphatic rings. The lowest BCUT2D eigenvalue weighted by atomic mass is 9.90. The summed E-state index contributed by atoms with van der Waals surface area (Å²) in [6.45, 7) is 1.44. The quantitative estimate of drug-likeness (QED) is 0.426. The maximum atomic E-state index is 12.6. The fourth-order valence-electron chi connectivity index (χ4n) is 3.48. The number of carboxylic acid groups (broad SMARTS) is 1. The van der Waals surface area contributed by atoms with Crippen molar-refractivity contribution in [1.29, 1.82) is 0 Å². The highest BCUT2D eigenvalue weighted by molar-refractivity contribution is 6.02. The Labute approximate surface area is 190 Å². The fourth-order valence-corrected chi connectivity index (χ4v) is 3.48. The maximum Gasteiger partial charge on any atom is 0.416 e. The number of ether oxygens (including phenoxy) is 2. The molecule has 0 aromatic heterocycles. The molecule has 0 radical (unpaired) electrons. The van der Waals surface area contributed by atoms with Gasteiger partial charge in [0.1, 0.15) is 5.75 Å². The summed E-state index contributed by atoms with van der Waals surface area (Å²) in [6, 6.07) is 4.64. The van der Waals surface area contributed by atoms with Gasteiger partial charge in [-0.25, -0.2) is 0 Å². The molecule has 0 saturated heterocycles. The van der Waals surface area contributed by atoms with Crippen molar-refractivity contribution in [2.45, 2.75) is 31.9 Å². The Balaban J connectivity index is 1.43. The molecule has 33 heavy (non-hydrogen) atoms. The Morgan fingerprint density at radius 1 is 1.03 bits per heavy atom. The molecule has 1 aromatic rings. The van der Waals surface area contributed by atoms with Gasteiger partial charge in [0, 0.05) is 18.1 Å². The number of hydrogen-bond donors (Lipinski definition) is 1. The summed E-state index contributed by atoms with van der Waals surface area (Å²) in [5.74, 6) is 0.00896. The number of allylic oxidation sites excluding steroid dienone is 6. The number of halogens is 3. The van der Waals surface area contributed by atoms with Gasteiger partial charge >= 0.3 is 12.1 Å². The van der Waals surface area contributed by atoms with Crippen molar-refractivity contribution in [2.75, 3.05) is 19.8 Å². The number of unbranched alkanes of at least 4 members (excludes halogenated alkanes) is 1. The van der Waals surface area contributed by atoms with Crippen molar-refractivity contribution < 1.29 is 32.5 Å². The lowest BCUT2D eigenvalue weighted by molar-refractivity contribution is -0.138. The molecule has 5 nitrogen and oxygen atoms in total. The van der Waals surface area contributed by atoms with E-state index in [-0.39, 0.29) is 12.3 Å². The Bertz CT molecular complexity index is 972. The van der Waals surface area contributed by atoms with Crippen molar-refractivity contribution in [1.82, 2.24) is 0 Å². The van der Waals surface area contributed by atoms with E-state index in [9.17, 15) is 23.1 Å². The van der Waals surface area contributed by atoms with E-state index in [2.05, 4.69) is 4.99 Å². The average molecular weight is 461 g/mol. The number of aliphatic imine (C=N–C) groups is 1. The molecule has 1 aromatic carbocycles. The maximum absolute atomic E-state index is 12.6. The average Bonchev–Trinajstić information content (AvgIpc) is 3.20. The summed E-state index contributed by atoms with van der Waals surface area (Å²) in [5, 5.41) is 9.28. The van der Waals surface area contributed by atoms with Crippen LogP contribution in [0.4, 0.5) is 13.2 Å². The number of benzene rings is 1. The number of alkyl halides is 3. The van der Waals surface area contributed by atoms with Crippen LogP contribution < -0.4 is 4.74 Å². The van der Waals surface area contributed by atoms with Crippen LogP contribution in [-0.4, -0.2) is 36.5 Å². The van der Waals surface area contributed by atoms with Crippen LogP contribution in [0.5, 0.6) is 5.75 Å². The van der Waals surface area contributed by atoms with E-state index in [0.717, 1.165) is 35.6 Å². The Kier molecular flexibility index (Phi) is 8.52. The molecule has 1 heterocycles. The minimum Gasteiger partial charge on any atom is -0.498 e. The normalized spacial score (nSPS) is 16.5. The molecule has 0 bridgehead atoms. The fraction of sp³-hybridized carbons (Fsp3) is 0.360. The van der Waals surface area contributed by atoms with E-state index in [4.69, 9.17) is 9.47 Å². The van der Waals surface area contributed by atoms with E-state index in [0.29, 0.717) is 38.3 Å². The highest BCUT2D eigenvalue weighted by atomic mass is 19.4. The molecule has 0 spiro atoms. The monoisotopic (exact) mass is 461 g/mol. The van der Waals surface area contributed by atoms with Gasteiger partial charge in [-0.2, -0.15) is 13.2 Å². The van der Waals surface area contributed by atoms with E-state index in [1.165, 1.54) is 12.1 Å². The molecular formula is C25H26F3NO4. The number of hydrogen-bond acceptors (Lipinski definition) is 4. The van der Waals surface area contributed by atoms with Gasteiger partial charge in [0.05, 0.1) is 37.5 Å². The van der Waals surface area contributed by atoms with Crippen LogP contribution in [0, 0.1) is 5.92 Å². The van der Waals surface area contributed by atoms with Crippen molar-refractivity contribution in [3.63, 3.8) is 0 Å². The van der Waals surface area contributed by atoms with E-state index in [1.807, 2.05) is 36.5 Å². The van der Waals surface area contributed by atoms with E-state index in [1.54, 1.807) is 0 Å². The van der Waals surface area contributed by atoms with Gasteiger partial charge in [0.25, 0.3) is 0 Å². The minimum absolute atomic E-state index is 0.0255. The van der Waals surface area contributed by atoms with Crippen LogP contribution in [0.3, 0.4) is 0 Å². The lowest BCUT2D eigenvalue weighted by Gasteiger charge is -2.15. The third kappa shape index (κ3) is 7.66. The number of aliphatic carboxylic acids is 1. The molecule has 176 valence electrons. The highest BCUT2D eigenvalue weighted by Crippen LogP contribution is 2.30. The van der Waals surface area contributed by atoms with Crippen LogP contribution in [0.15, 0.2) is 77.0 Å². The summed E-state index contributed by atoms with van der Waals surface area (Å²) in [7, 11) is 0. The second-order valence-electron chi connectivity index (χ2n) is 7.65. The zero-order valence-electron chi connectivity index (χ0n) is 18.1. The van der Waals surface area contributed by atoms with Gasteiger partial charge in [-0.05, 0) is 54.8 Å². The second-order valence-corrected chi connectivity index (χ2v) is 7.65. The molecule has 1 aliphatic heterocycles. The van der Waals surface area contributed by atoms with E-state index < -0.39 is 17.7 Å². The SMILES string of the molecule is O=C(O)CC(C1=CC=C(OCCCCOc2ccc(C(F)(F)F)cc2)CC=C1)C1=NCC=C1. The number of carbonyl (C=O) groups is 1. The molecule has 0 fully saturated rings. The van der Waals surface area contributed by atoms with Gasteiger partial charge in [-0.15, -0.1) is 0 Å². The predicted octanol–water partition coefficient (Wildman–Crippen LogP) is 5.75. The summed E-state index contributed by atoms with van der Waals surface area (Å²) in [5.41, 5.74) is 0.957. The first-order valence-corrected chi connectivity index (χ1v) is 10.8. The van der Waals surface area contributed by atoms with Crippen LogP contribution in [0.1, 0.15) is 31.2 Å². The number of nitrogens with zero attached hydrogens (tertiary/aromatic N) is 1. The highest BCUT2D eigenvalue weighted by Gasteiger charge is 2.30. The summed E-state index contributed by atoms with van der Waals surface area (Å²) < 4.78 is 49.0. The first-order valence-electron chi connectivity index (χ1n) is 10.8. The summed E-state index contributed by atoms with van der Waals surface area (Å²) >= 11 is 0. The summed E-state index contributed by atoms with van der Waals surface area (Å²) in [6.07, 6.45) is 9.05. The van der Waals surface area contributed by atoms with Crippen LogP contribution >= 0.6 is 0 Å². The second kappa shape index (κ2) is 11.5. The molecule has 1 atom stereocenters. The predicted molar refractivity (Wildman–Crippen MR) is 119 cm³/mol.